The molecule has 0 saturated carbocycles. The van der Waals surface area contributed by atoms with Gasteiger partial charge in [0.05, 0.1) is 24.3 Å². The van der Waals surface area contributed by atoms with Crippen LogP contribution in [-0.2, 0) is 28.5 Å². The lowest BCUT2D eigenvalue weighted by molar-refractivity contribution is -0.608. The number of unbranched alkanes of at least 4 members (excludes halogenated alkanes) is 10. The summed E-state index contributed by atoms with van der Waals surface area (Å²) in [6.45, 7) is 7.24. The van der Waals surface area contributed by atoms with Gasteiger partial charge in [-0.15, -0.1) is 0 Å². The smallest absolute Gasteiger partial charge is 0.350 e. The molecule has 11 atom stereocenters. The third-order valence-corrected chi connectivity index (χ3v) is 14.5. The highest BCUT2D eigenvalue weighted by atomic mass is 16.7. The summed E-state index contributed by atoms with van der Waals surface area (Å²) >= 11 is 0. The molecule has 6 aliphatic heterocycles. The minimum atomic E-state index is -1.85. The van der Waals surface area contributed by atoms with Crippen LogP contribution in [0.4, 0.5) is 0 Å². The third kappa shape index (κ3) is 11.7. The second-order valence-electron chi connectivity index (χ2n) is 19.2. The Hall–Kier alpha value is -2.33. The molecule has 2 spiro atoms. The zero-order valence-corrected chi connectivity index (χ0v) is 38.0. The van der Waals surface area contributed by atoms with Crippen molar-refractivity contribution in [2.45, 2.75) is 241 Å². The summed E-state index contributed by atoms with van der Waals surface area (Å²) in [7, 11) is 0. The Morgan fingerprint density at radius 2 is 1.66 bits per heavy atom. The summed E-state index contributed by atoms with van der Waals surface area (Å²) < 4.78 is 28.2. The average Bonchev–Trinajstić information content (AvgIpc) is 3.83. The van der Waals surface area contributed by atoms with E-state index in [2.05, 4.69) is 48.1 Å². The Bertz CT molecular complexity index is 1480. The fraction of sp³-hybridized carbons (Fsp3) is 0.894. The van der Waals surface area contributed by atoms with E-state index in [1.807, 2.05) is 0 Å². The van der Waals surface area contributed by atoms with E-state index < -0.39 is 23.8 Å². The van der Waals surface area contributed by atoms with Gasteiger partial charge in [0.25, 0.3) is 5.91 Å². The molecule has 4 saturated heterocycles. The molecule has 0 aliphatic carbocycles. The Kier molecular flexibility index (Phi) is 17.8. The highest BCUT2D eigenvalue weighted by Gasteiger charge is 2.65. The lowest BCUT2D eigenvalue weighted by Gasteiger charge is -2.50. The van der Waals surface area contributed by atoms with Gasteiger partial charge in [-0.2, -0.15) is 0 Å². The highest BCUT2D eigenvalue weighted by Crippen LogP contribution is 2.47. The number of nitrogens with two attached hydrogens (primary N) is 2. The van der Waals surface area contributed by atoms with Crippen molar-refractivity contribution in [2.75, 3.05) is 19.6 Å². The lowest BCUT2D eigenvalue weighted by Crippen LogP contribution is -2.76. The van der Waals surface area contributed by atoms with Gasteiger partial charge in [-0.05, 0) is 90.6 Å². The number of guanidine groups is 1. The number of carbonyl (C=O) groups excluding carboxylic acids is 2. The molecule has 1 amide bonds. The lowest BCUT2D eigenvalue weighted by atomic mass is 9.80. The topological polar surface area (TPSA) is 194 Å². The largest absolute Gasteiger partial charge is 0.462 e. The summed E-state index contributed by atoms with van der Waals surface area (Å²) in [6.07, 6.45) is 26.1. The fourth-order valence-electron chi connectivity index (χ4n) is 11.3. The number of hydrogen-bond donors (Lipinski definition) is 6. The number of carbonyl (C=O) groups is 2. The van der Waals surface area contributed by atoms with Crippen molar-refractivity contribution < 1.29 is 43.3 Å². The number of ether oxygens (including phenoxy) is 4. The van der Waals surface area contributed by atoms with Crippen molar-refractivity contribution >= 4 is 17.8 Å². The van der Waals surface area contributed by atoms with Gasteiger partial charge in [0.2, 0.25) is 11.5 Å². The van der Waals surface area contributed by atoms with Crippen LogP contribution in [-0.4, -0.2) is 117 Å². The van der Waals surface area contributed by atoms with Crippen LogP contribution in [0.3, 0.4) is 0 Å². The van der Waals surface area contributed by atoms with Crippen molar-refractivity contribution in [1.82, 2.24) is 15.5 Å². The van der Waals surface area contributed by atoms with Gasteiger partial charge >= 0.3 is 11.9 Å². The Morgan fingerprint density at radius 1 is 0.934 bits per heavy atom. The van der Waals surface area contributed by atoms with E-state index >= 15 is 0 Å². The molecule has 14 heteroatoms. The molecule has 6 aliphatic rings. The molecule has 14 nitrogen and oxygen atoms in total. The number of aliphatic hydroxyl groups excluding tert-OH is 1. The van der Waals surface area contributed by atoms with Crippen LogP contribution in [0.25, 0.3) is 0 Å². The predicted octanol–water partition coefficient (Wildman–Crippen LogP) is 5.55. The number of allylic oxidation sites excluding steroid dienone is 1. The van der Waals surface area contributed by atoms with Crippen molar-refractivity contribution in [3.05, 3.63) is 12.2 Å². The second-order valence-corrected chi connectivity index (χ2v) is 19.2. The van der Waals surface area contributed by atoms with Gasteiger partial charge < -0.3 is 45.5 Å². The number of morpholine rings is 1. The minimum Gasteiger partial charge on any atom is -0.462 e. The average molecular weight is 860 g/mol. The first-order valence-corrected chi connectivity index (χ1v) is 24.7. The predicted molar refractivity (Wildman–Crippen MR) is 235 cm³/mol. The maximum absolute atomic E-state index is 14.4. The van der Waals surface area contributed by atoms with Crippen molar-refractivity contribution in [3.63, 3.8) is 0 Å². The van der Waals surface area contributed by atoms with Crippen molar-refractivity contribution in [1.29, 1.82) is 0 Å². The fourth-order valence-corrected chi connectivity index (χ4v) is 11.3. The van der Waals surface area contributed by atoms with Crippen LogP contribution in [0, 0.1) is 5.92 Å². The SMILES string of the molecule is CC/C=C/[C@@H]1CC[C@]2(C[C@H]3CC[C@@H]4[C@@H](C(=O)OC(CC)CCCCCCCCCCCCC[C@@H]5O[C@@](O)(CCN)[C@H](O)N(CCCN)C5=O)[C@@]5(CCC[C@H](C)O5)NC(=[N+]34)N2)O1. The Morgan fingerprint density at radius 3 is 2.33 bits per heavy atom. The molecule has 0 aromatic heterocycles. The number of amides is 1. The summed E-state index contributed by atoms with van der Waals surface area (Å²) in [5.41, 5.74) is 10.1. The molecule has 4 fully saturated rings. The minimum absolute atomic E-state index is 0.0406. The molecule has 348 valence electrons. The summed E-state index contributed by atoms with van der Waals surface area (Å²) in [6, 6.07) is 0.361. The van der Waals surface area contributed by atoms with Crippen LogP contribution in [0.5, 0.6) is 0 Å². The third-order valence-electron chi connectivity index (χ3n) is 14.5. The first kappa shape index (κ1) is 48.1. The van der Waals surface area contributed by atoms with Gasteiger partial charge in [0.1, 0.15) is 12.2 Å². The van der Waals surface area contributed by atoms with E-state index in [1.165, 1.54) is 37.0 Å². The first-order valence-electron chi connectivity index (χ1n) is 24.7. The molecule has 0 radical (unpaired) electrons. The second kappa shape index (κ2) is 22.5. The molecule has 1 unspecified atom stereocenters. The monoisotopic (exact) mass is 860 g/mol. The van der Waals surface area contributed by atoms with Crippen molar-refractivity contribution in [2.24, 2.45) is 17.4 Å². The van der Waals surface area contributed by atoms with Gasteiger partial charge in [-0.1, -0.05) is 90.2 Å². The van der Waals surface area contributed by atoms with E-state index in [-0.39, 0.29) is 67.4 Å². The van der Waals surface area contributed by atoms with Crippen LogP contribution >= 0.6 is 0 Å². The standard InChI is InChI=1S/C47H82N6O8/c1-4-6-21-37-26-28-45(60-37)33-35-24-25-38-40(46(27-18-20-34(3)59-46)51-44(50-45)53(35)38)42(55)58-36(5-2)22-16-14-12-10-8-7-9-11-13-15-17-23-39-41(54)52(32-19-30-48)43(56)47(57,61-39)29-31-49/h6,21,34-40,43,56-57H,4-5,7-20,22-33,48-49H2,1-3H3,(H,50,51)/p+1/b21-6+/t34-,35+,36?,37+,38+,39-,40-,43-,45+,46-,47-/m0/s1. The van der Waals surface area contributed by atoms with Crippen LogP contribution in [0.1, 0.15) is 181 Å². The zero-order chi connectivity index (χ0) is 43.5. The molecular formula is C47H83N6O8+. The normalized spacial score (nSPS) is 35.2. The molecule has 0 aromatic rings. The van der Waals surface area contributed by atoms with Gasteiger partial charge in [0, 0.05) is 32.2 Å². The Balaban J connectivity index is 0.883. The van der Waals surface area contributed by atoms with Gasteiger partial charge in [-0.25, -0.2) is 10.6 Å². The molecule has 0 aromatic carbocycles. The van der Waals surface area contributed by atoms with Crippen molar-refractivity contribution in [3.8, 4) is 0 Å². The number of esters is 1. The molecule has 0 bridgehead atoms. The number of rotatable bonds is 24. The molecular weight excluding hydrogens is 777 g/mol. The number of nitrogens with one attached hydrogen (secondary N) is 2. The van der Waals surface area contributed by atoms with Gasteiger partial charge in [0.15, 0.2) is 17.9 Å². The molecule has 6 rings (SSSR count). The van der Waals surface area contributed by atoms with Gasteiger partial charge in [-0.3, -0.25) is 14.2 Å². The molecule has 8 N–H and O–H groups in total. The quantitative estimate of drug-likeness (QED) is 0.0307. The molecule has 61 heavy (non-hydrogen) atoms. The van der Waals surface area contributed by atoms with Crippen LogP contribution in [0.2, 0.25) is 0 Å². The van der Waals surface area contributed by atoms with Crippen LogP contribution in [0.15, 0.2) is 12.2 Å². The first-order chi connectivity index (χ1) is 29.5. The summed E-state index contributed by atoms with van der Waals surface area (Å²) in [5, 5.41) is 29.2. The number of nitrogens with zero attached hydrogens (tertiary/aromatic N) is 2. The van der Waals surface area contributed by atoms with E-state index in [9.17, 15) is 19.8 Å². The maximum Gasteiger partial charge on any atom is 0.350 e. The Labute approximate surface area is 366 Å². The van der Waals surface area contributed by atoms with E-state index in [4.69, 9.17) is 30.4 Å². The van der Waals surface area contributed by atoms with E-state index in [1.54, 1.807) is 0 Å². The van der Waals surface area contributed by atoms with E-state index in [0.717, 1.165) is 115 Å². The zero-order valence-electron chi connectivity index (χ0n) is 38.0. The number of aliphatic hydroxyl groups is 2. The highest BCUT2D eigenvalue weighted by molar-refractivity contribution is 5.83. The molecule has 6 heterocycles. The maximum atomic E-state index is 14.4. The van der Waals surface area contributed by atoms with Crippen LogP contribution < -0.4 is 22.1 Å². The van der Waals surface area contributed by atoms with E-state index in [0.29, 0.717) is 25.4 Å². The summed E-state index contributed by atoms with van der Waals surface area (Å²) in [5.74, 6) is -1.64. The number of hydrogen-bond acceptors (Lipinski definition) is 12. The summed E-state index contributed by atoms with van der Waals surface area (Å²) in [4.78, 5) is 28.8.